The van der Waals surface area contributed by atoms with Gasteiger partial charge in [-0.25, -0.2) is 18.1 Å². The monoisotopic (exact) mass is 776 g/mol. The van der Waals surface area contributed by atoms with Crippen LogP contribution >= 0.6 is 0 Å². The van der Waals surface area contributed by atoms with Crippen molar-refractivity contribution < 1.29 is 49.0 Å². The van der Waals surface area contributed by atoms with Crippen LogP contribution in [0, 0.1) is 39.6 Å². The third kappa shape index (κ3) is 6.55. The van der Waals surface area contributed by atoms with E-state index in [1.165, 1.54) is 62.5 Å². The summed E-state index contributed by atoms with van der Waals surface area (Å²) in [6.07, 6.45) is 18.5. The van der Waals surface area contributed by atoms with Gasteiger partial charge in [0.2, 0.25) is 0 Å². The molecule has 2 unspecified atom stereocenters. The Hall–Kier alpha value is -2.44. The quantitative estimate of drug-likeness (QED) is 0.277. The summed E-state index contributed by atoms with van der Waals surface area (Å²) in [6, 6.07) is 30.3. The maximum atomic E-state index is 2.99. The molecule has 3 heteroatoms. The van der Waals surface area contributed by atoms with Crippen molar-refractivity contribution in [2.45, 2.75) is 81.1 Å². The van der Waals surface area contributed by atoms with Crippen molar-refractivity contribution >= 4 is 8.78 Å². The van der Waals surface area contributed by atoms with Crippen LogP contribution in [0.15, 0.2) is 132 Å². The molecule has 5 aliphatic carbocycles. The minimum atomic E-state index is 0. The summed E-state index contributed by atoms with van der Waals surface area (Å²) in [5.41, 5.74) is 13.0. The molecule has 2 atom stereocenters. The molecule has 0 bridgehead atoms. The summed E-state index contributed by atoms with van der Waals surface area (Å²) in [5.74, 6) is 2.24. The zero-order valence-electron chi connectivity index (χ0n) is 31.1. The van der Waals surface area contributed by atoms with Crippen molar-refractivity contribution in [3.63, 3.8) is 0 Å². The Kier molecular flexibility index (Phi) is 12.6. The molecule has 0 radical (unpaired) electrons. The van der Waals surface area contributed by atoms with Gasteiger partial charge >= 0.3 is 99.2 Å². The van der Waals surface area contributed by atoms with Crippen LogP contribution in [0.25, 0.3) is 5.57 Å². The van der Waals surface area contributed by atoms with Crippen LogP contribution in [0.5, 0.6) is 0 Å². The van der Waals surface area contributed by atoms with E-state index in [-0.39, 0.29) is 46.5 Å². The van der Waals surface area contributed by atoms with Gasteiger partial charge in [-0.05, 0) is 40.6 Å². The number of fused-ring (bicyclic) bond motifs is 6. The second kappa shape index (κ2) is 15.7. The number of halogens is 2. The maximum absolute atomic E-state index is 2.99. The first-order chi connectivity index (χ1) is 22.9. The molecule has 0 N–H and O–H groups in total. The third-order valence-electron chi connectivity index (χ3n) is 13.5. The molecule has 1 fully saturated rings. The molecule has 0 aliphatic heterocycles. The summed E-state index contributed by atoms with van der Waals surface area (Å²) < 4.78 is 1.42. The van der Waals surface area contributed by atoms with E-state index in [0.29, 0.717) is 5.92 Å². The molecule has 1 saturated carbocycles. The molecule has 5 aliphatic rings. The minimum absolute atomic E-state index is 0. The van der Waals surface area contributed by atoms with Gasteiger partial charge in [-0.2, -0.15) is 17.2 Å². The Morgan fingerprint density at radius 2 is 1.34 bits per heavy atom. The molecule has 0 aromatic heterocycles. The second-order valence-electron chi connectivity index (χ2n) is 15.9. The van der Waals surface area contributed by atoms with E-state index in [0.717, 1.165) is 12.8 Å². The van der Waals surface area contributed by atoms with E-state index in [1.54, 1.807) is 28.2 Å². The summed E-state index contributed by atoms with van der Waals surface area (Å²) in [5, 5.41) is 0. The van der Waals surface area contributed by atoms with Gasteiger partial charge < -0.3 is 24.8 Å². The van der Waals surface area contributed by atoms with E-state index in [4.69, 9.17) is 0 Å². The fraction of sp³-hybridized carbons (Fsp3) is 0.362. The van der Waals surface area contributed by atoms with Crippen molar-refractivity contribution in [3.8, 4) is 0 Å². The first kappa shape index (κ1) is 40.3. The average Bonchev–Trinajstić information content (AvgIpc) is 3.81. The Balaban J connectivity index is 0.000000223. The van der Waals surface area contributed by atoms with Crippen molar-refractivity contribution in [2.24, 2.45) is 27.6 Å². The van der Waals surface area contributed by atoms with Gasteiger partial charge in [-0.15, -0.1) is 13.3 Å². The van der Waals surface area contributed by atoms with Crippen LogP contribution in [0.1, 0.15) is 96.9 Å². The standard InChI is InChI=1S/C29H37.C13H10.C5H5.2ClH.Zr/c1-18-25-22-17-19-13-9-10-14-20(19)24(22)21-15-11-12-16-23(21)29(25,8)28(6,7)27(4,5)26(18,2)3;1-3-7-12(8-4-1)11-13-9-5-2-6-10-13;1-2-4-5-3-1;;;/h9-11,13-15,23H,12,16-17H2,1-8H3;1-10H;1-3H,4H2;2*1H;/q-1;;-1;;;+2/p-2. The molecule has 0 saturated heterocycles. The predicted molar refractivity (Wildman–Crippen MR) is 202 cm³/mol. The Labute approximate surface area is 330 Å². The SMILES string of the molecule is C[C-]1C2=C3Cc4ccccc4C3=C3C=CCCC3C2(C)C(C)(C)C(C)(C)C1(C)C.[C-]1=CC=CC1.[Cl-].[Cl-].[Zr+2]=[C](c1ccccc1)c1ccccc1. The third-order valence-corrected chi connectivity index (χ3v) is 14.9. The molecule has 8 rings (SSSR count). The Bertz CT molecular complexity index is 1780. The molecule has 0 spiro atoms. The van der Waals surface area contributed by atoms with Crippen molar-refractivity contribution in [3.05, 3.63) is 166 Å². The van der Waals surface area contributed by atoms with E-state index < -0.39 is 0 Å². The molecular weight excluding hydrogens is 727 g/mol. The Morgan fingerprint density at radius 1 is 0.760 bits per heavy atom. The van der Waals surface area contributed by atoms with Crippen LogP contribution < -0.4 is 24.8 Å². The molecule has 3 aromatic rings. The summed E-state index contributed by atoms with van der Waals surface area (Å²) in [7, 11) is 0. The molecule has 3 aromatic carbocycles. The van der Waals surface area contributed by atoms with Crippen LogP contribution in [0.2, 0.25) is 0 Å². The van der Waals surface area contributed by atoms with Crippen LogP contribution in [0.4, 0.5) is 0 Å². The second-order valence-corrected chi connectivity index (χ2v) is 17.1. The summed E-state index contributed by atoms with van der Waals surface area (Å²) in [6.45, 7) is 20.3. The van der Waals surface area contributed by atoms with Crippen molar-refractivity contribution in [1.29, 1.82) is 0 Å². The topological polar surface area (TPSA) is 0 Å². The fourth-order valence-electron chi connectivity index (χ4n) is 9.28. The summed E-state index contributed by atoms with van der Waals surface area (Å²) >= 11 is 1.46. The van der Waals surface area contributed by atoms with Gasteiger partial charge in [0.15, 0.2) is 0 Å². The molecular formula is C47H52Cl2Zr-2. The van der Waals surface area contributed by atoms with Crippen LogP contribution in [-0.2, 0) is 30.7 Å². The van der Waals surface area contributed by atoms with Crippen LogP contribution in [0.3, 0.4) is 0 Å². The van der Waals surface area contributed by atoms with Gasteiger partial charge in [0.1, 0.15) is 0 Å². The number of hydrogen-bond acceptors (Lipinski definition) is 0. The zero-order valence-corrected chi connectivity index (χ0v) is 35.1. The van der Waals surface area contributed by atoms with E-state index in [1.807, 2.05) is 12.2 Å². The molecule has 0 nitrogen and oxygen atoms in total. The van der Waals surface area contributed by atoms with Crippen molar-refractivity contribution in [1.82, 2.24) is 0 Å². The number of benzene rings is 3. The molecule has 0 heterocycles. The molecule has 0 amide bonds. The Morgan fingerprint density at radius 3 is 1.88 bits per heavy atom. The van der Waals surface area contributed by atoms with Gasteiger partial charge in [0.25, 0.3) is 0 Å². The molecule has 50 heavy (non-hydrogen) atoms. The van der Waals surface area contributed by atoms with Crippen molar-refractivity contribution in [2.75, 3.05) is 0 Å². The number of rotatable bonds is 2. The van der Waals surface area contributed by atoms with E-state index >= 15 is 0 Å². The van der Waals surface area contributed by atoms with E-state index in [9.17, 15) is 0 Å². The van der Waals surface area contributed by atoms with Gasteiger partial charge in [-0.3, -0.25) is 6.08 Å². The number of hydrogen-bond donors (Lipinski definition) is 0. The fourth-order valence-corrected chi connectivity index (χ4v) is 10.1. The average molecular weight is 779 g/mol. The number of allylic oxidation sites excluding steroid dienone is 10. The predicted octanol–water partition coefficient (Wildman–Crippen LogP) is 6.08. The zero-order chi connectivity index (χ0) is 34.3. The van der Waals surface area contributed by atoms with E-state index in [2.05, 4.69) is 165 Å². The van der Waals surface area contributed by atoms with Gasteiger partial charge in [0.05, 0.1) is 0 Å². The first-order valence-electron chi connectivity index (χ1n) is 17.8. The molecule has 260 valence electrons. The van der Waals surface area contributed by atoms with Crippen LogP contribution in [-0.4, -0.2) is 3.21 Å². The summed E-state index contributed by atoms with van der Waals surface area (Å²) in [4.78, 5) is 0. The van der Waals surface area contributed by atoms with Gasteiger partial charge in [-0.1, -0.05) is 113 Å². The van der Waals surface area contributed by atoms with Gasteiger partial charge in [0, 0.05) is 0 Å². The normalized spacial score (nSPS) is 23.8. The first-order valence-corrected chi connectivity index (χ1v) is 19.1.